The van der Waals surface area contributed by atoms with Crippen LogP contribution in [-0.4, -0.2) is 4.98 Å². The summed E-state index contributed by atoms with van der Waals surface area (Å²) in [4.78, 5) is 4.74. The van der Waals surface area contributed by atoms with Crippen molar-refractivity contribution in [1.29, 1.82) is 0 Å². The molecule has 1 atom stereocenters. The Balaban J connectivity index is 1.61. The Labute approximate surface area is 121 Å². The van der Waals surface area contributed by atoms with Crippen LogP contribution in [-0.2, 0) is 6.42 Å². The zero-order chi connectivity index (χ0) is 13.4. The molecule has 0 bridgehead atoms. The number of ether oxygens (including phenoxy) is 1. The molecular weight excluding hydrogens is 266 g/mol. The average molecular weight is 279 g/mol. The largest absolute Gasteiger partial charge is 0.483 e. The smallest absolute Gasteiger partial charge is 0.154 e. The second-order valence-corrected chi connectivity index (χ2v) is 5.75. The summed E-state index contributed by atoms with van der Waals surface area (Å²) in [5.41, 5.74) is 3.46. The molecule has 0 aliphatic carbocycles. The molecule has 0 spiro atoms. The van der Waals surface area contributed by atoms with E-state index >= 15 is 0 Å². The zero-order valence-corrected chi connectivity index (χ0v) is 11.6. The average Bonchev–Trinajstić information content (AvgIpc) is 3.14. The lowest BCUT2D eigenvalue weighted by Gasteiger charge is -2.06. The Kier molecular flexibility index (Phi) is 2.78. The minimum atomic E-state index is 0.0647. The molecule has 3 aromatic rings. The summed E-state index contributed by atoms with van der Waals surface area (Å²) in [7, 11) is 0. The predicted octanol–water partition coefficient (Wildman–Crippen LogP) is 4.49. The van der Waals surface area contributed by atoms with Gasteiger partial charge >= 0.3 is 0 Å². The summed E-state index contributed by atoms with van der Waals surface area (Å²) < 4.78 is 5.99. The fourth-order valence-corrected chi connectivity index (χ4v) is 3.35. The van der Waals surface area contributed by atoms with Gasteiger partial charge in [0, 0.05) is 17.4 Å². The number of hydrogen-bond donors (Lipinski definition) is 0. The van der Waals surface area contributed by atoms with E-state index in [1.165, 1.54) is 5.56 Å². The molecule has 1 aliphatic heterocycles. The quantitative estimate of drug-likeness (QED) is 0.689. The number of hydrogen-bond acceptors (Lipinski definition) is 3. The highest BCUT2D eigenvalue weighted by Crippen LogP contribution is 2.38. The number of fused-ring (bicyclic) bond motifs is 1. The minimum Gasteiger partial charge on any atom is -0.483 e. The number of rotatable bonds is 2. The van der Waals surface area contributed by atoms with Gasteiger partial charge in [-0.3, -0.25) is 0 Å². The van der Waals surface area contributed by atoms with E-state index in [0.717, 1.165) is 28.4 Å². The van der Waals surface area contributed by atoms with Crippen molar-refractivity contribution in [1.82, 2.24) is 4.98 Å². The second kappa shape index (κ2) is 4.76. The first-order valence-corrected chi connectivity index (χ1v) is 7.53. The Morgan fingerprint density at radius 2 is 1.80 bits per heavy atom. The summed E-state index contributed by atoms with van der Waals surface area (Å²) in [5.74, 6) is 0.994. The van der Waals surface area contributed by atoms with Gasteiger partial charge in [0.1, 0.15) is 10.8 Å². The first-order chi connectivity index (χ1) is 9.90. The molecule has 1 aliphatic rings. The van der Waals surface area contributed by atoms with Gasteiger partial charge in [-0.1, -0.05) is 48.5 Å². The highest BCUT2D eigenvalue weighted by atomic mass is 32.1. The van der Waals surface area contributed by atoms with Crippen LogP contribution in [0.25, 0.3) is 11.3 Å². The summed E-state index contributed by atoms with van der Waals surface area (Å²) in [5, 5.41) is 3.16. The summed E-state index contributed by atoms with van der Waals surface area (Å²) in [6, 6.07) is 18.5. The highest BCUT2D eigenvalue weighted by Gasteiger charge is 2.26. The van der Waals surface area contributed by atoms with Crippen LogP contribution < -0.4 is 4.74 Å². The molecule has 20 heavy (non-hydrogen) atoms. The van der Waals surface area contributed by atoms with Crippen LogP contribution in [0.1, 0.15) is 16.7 Å². The number of aromatic nitrogens is 1. The summed E-state index contributed by atoms with van der Waals surface area (Å²) in [6.07, 6.45) is 0.979. The molecule has 0 radical (unpaired) electrons. The standard InChI is InChI=1S/C17H13NOS/c1-2-6-12(7-3-1)14-11-20-17(18-14)16-10-13-8-4-5-9-15(13)19-16/h1-9,11,16H,10H2. The third kappa shape index (κ3) is 2.00. The van der Waals surface area contributed by atoms with Crippen molar-refractivity contribution in [3.05, 3.63) is 70.5 Å². The molecule has 4 rings (SSSR count). The van der Waals surface area contributed by atoms with Gasteiger partial charge in [0.15, 0.2) is 6.10 Å². The molecule has 1 aromatic heterocycles. The van der Waals surface area contributed by atoms with Gasteiger partial charge in [-0.2, -0.15) is 0 Å². The molecule has 2 heterocycles. The topological polar surface area (TPSA) is 22.1 Å². The molecule has 0 fully saturated rings. The molecule has 2 aromatic carbocycles. The van der Waals surface area contributed by atoms with Crippen LogP contribution in [0.5, 0.6) is 5.75 Å². The van der Waals surface area contributed by atoms with Crippen molar-refractivity contribution in [2.75, 3.05) is 0 Å². The summed E-state index contributed by atoms with van der Waals surface area (Å²) >= 11 is 1.68. The van der Waals surface area contributed by atoms with Gasteiger partial charge < -0.3 is 4.74 Å². The SMILES string of the molecule is c1ccc(-c2csc(C3Cc4ccccc4O3)n2)cc1. The Morgan fingerprint density at radius 3 is 2.65 bits per heavy atom. The van der Waals surface area contributed by atoms with E-state index in [-0.39, 0.29) is 6.10 Å². The maximum Gasteiger partial charge on any atom is 0.154 e. The number of benzene rings is 2. The molecule has 98 valence electrons. The maximum atomic E-state index is 5.99. The lowest BCUT2D eigenvalue weighted by molar-refractivity contribution is 0.238. The molecule has 0 saturated carbocycles. The Hall–Kier alpha value is -2.13. The lowest BCUT2D eigenvalue weighted by atomic mass is 10.1. The molecule has 3 heteroatoms. The van der Waals surface area contributed by atoms with Crippen molar-refractivity contribution in [2.24, 2.45) is 0 Å². The first kappa shape index (κ1) is 11.7. The van der Waals surface area contributed by atoms with Crippen molar-refractivity contribution >= 4 is 11.3 Å². The normalized spacial score (nSPS) is 16.7. The Bertz CT molecular complexity index is 711. The van der Waals surface area contributed by atoms with E-state index in [9.17, 15) is 0 Å². The van der Waals surface area contributed by atoms with Crippen molar-refractivity contribution in [3.63, 3.8) is 0 Å². The van der Waals surface area contributed by atoms with E-state index in [4.69, 9.17) is 9.72 Å². The molecule has 0 saturated heterocycles. The molecular formula is C17H13NOS. The van der Waals surface area contributed by atoms with Gasteiger partial charge in [0.25, 0.3) is 0 Å². The molecule has 2 nitrogen and oxygen atoms in total. The van der Waals surface area contributed by atoms with Crippen molar-refractivity contribution in [3.8, 4) is 17.0 Å². The minimum absolute atomic E-state index is 0.0647. The van der Waals surface area contributed by atoms with E-state index in [2.05, 4.69) is 29.6 Å². The van der Waals surface area contributed by atoms with Gasteiger partial charge in [-0.25, -0.2) is 4.98 Å². The fraction of sp³-hybridized carbons (Fsp3) is 0.118. The maximum absolute atomic E-state index is 5.99. The van der Waals surface area contributed by atoms with E-state index in [1.807, 2.05) is 30.3 Å². The van der Waals surface area contributed by atoms with Gasteiger partial charge in [-0.15, -0.1) is 11.3 Å². The van der Waals surface area contributed by atoms with E-state index in [0.29, 0.717) is 0 Å². The van der Waals surface area contributed by atoms with Crippen molar-refractivity contribution < 1.29 is 4.74 Å². The van der Waals surface area contributed by atoms with Crippen LogP contribution in [0, 0.1) is 0 Å². The predicted molar refractivity (Wildman–Crippen MR) is 81.1 cm³/mol. The number of nitrogens with zero attached hydrogens (tertiary/aromatic N) is 1. The highest BCUT2D eigenvalue weighted by molar-refractivity contribution is 7.10. The summed E-state index contributed by atoms with van der Waals surface area (Å²) in [6.45, 7) is 0. The van der Waals surface area contributed by atoms with Crippen LogP contribution in [0.2, 0.25) is 0 Å². The van der Waals surface area contributed by atoms with Crippen LogP contribution in [0.4, 0.5) is 0 Å². The van der Waals surface area contributed by atoms with E-state index < -0.39 is 0 Å². The fourth-order valence-electron chi connectivity index (χ4n) is 2.50. The third-order valence-electron chi connectivity index (χ3n) is 3.51. The molecule has 0 N–H and O–H groups in total. The second-order valence-electron chi connectivity index (χ2n) is 4.86. The van der Waals surface area contributed by atoms with Gasteiger partial charge in [0.05, 0.1) is 5.69 Å². The monoisotopic (exact) mass is 279 g/mol. The first-order valence-electron chi connectivity index (χ1n) is 6.65. The van der Waals surface area contributed by atoms with Crippen molar-refractivity contribution in [2.45, 2.75) is 12.5 Å². The lowest BCUT2D eigenvalue weighted by Crippen LogP contribution is -2.02. The van der Waals surface area contributed by atoms with Crippen LogP contribution in [0.15, 0.2) is 60.0 Å². The zero-order valence-electron chi connectivity index (χ0n) is 10.8. The van der Waals surface area contributed by atoms with E-state index in [1.54, 1.807) is 11.3 Å². The number of thiazole rings is 1. The van der Waals surface area contributed by atoms with Crippen LogP contribution in [0.3, 0.4) is 0 Å². The number of para-hydroxylation sites is 1. The van der Waals surface area contributed by atoms with Gasteiger partial charge in [-0.05, 0) is 11.6 Å². The third-order valence-corrected chi connectivity index (χ3v) is 4.45. The molecule has 1 unspecified atom stereocenters. The Morgan fingerprint density at radius 1 is 1.00 bits per heavy atom. The molecule has 0 amide bonds. The van der Waals surface area contributed by atoms with Gasteiger partial charge in [0.2, 0.25) is 0 Å². The van der Waals surface area contributed by atoms with Crippen LogP contribution >= 0.6 is 11.3 Å².